The smallest absolute Gasteiger partial charge is 0.410 e. The first-order chi connectivity index (χ1) is 14.9. The van der Waals surface area contributed by atoms with Crippen molar-refractivity contribution >= 4 is 16.1 Å². The number of carbonyl (C=O) groups is 1. The van der Waals surface area contributed by atoms with Gasteiger partial charge in [0.1, 0.15) is 6.61 Å². The molecule has 1 amide bonds. The fraction of sp³-hybridized carbons (Fsp3) is 0.526. The molecule has 1 aromatic carbocycles. The second-order valence-electron chi connectivity index (χ2n) is 7.85. The van der Waals surface area contributed by atoms with Crippen molar-refractivity contribution in [2.24, 2.45) is 0 Å². The van der Waals surface area contributed by atoms with Gasteiger partial charge in [-0.05, 0) is 30.5 Å². The molecule has 9 nitrogen and oxygen atoms in total. The minimum atomic E-state index is -3.85. The van der Waals surface area contributed by atoms with Crippen molar-refractivity contribution in [3.8, 4) is 11.5 Å². The number of hydrogen-bond donors (Lipinski definition) is 0. The average molecular weight is 454 g/mol. The number of amides is 1. The van der Waals surface area contributed by atoms with Crippen LogP contribution in [0.15, 0.2) is 27.5 Å². The van der Waals surface area contributed by atoms with E-state index in [0.29, 0.717) is 31.6 Å². The number of alkyl halides is 2. The fourth-order valence-electron chi connectivity index (χ4n) is 4.67. The zero-order valence-electron chi connectivity index (χ0n) is 16.4. The van der Waals surface area contributed by atoms with Crippen LogP contribution in [-0.4, -0.2) is 59.1 Å². The lowest BCUT2D eigenvalue weighted by Crippen LogP contribution is -2.53. The number of benzene rings is 1. The third kappa shape index (κ3) is 3.37. The van der Waals surface area contributed by atoms with Crippen molar-refractivity contribution in [3.63, 3.8) is 0 Å². The molecule has 2 aliphatic heterocycles. The predicted octanol–water partition coefficient (Wildman–Crippen LogP) is 2.94. The summed E-state index contributed by atoms with van der Waals surface area (Å²) < 4.78 is 63.8. The molecule has 2 aromatic rings. The van der Waals surface area contributed by atoms with Gasteiger partial charge in [-0.1, -0.05) is 18.9 Å². The van der Waals surface area contributed by atoms with Gasteiger partial charge in [-0.3, -0.25) is 0 Å². The molecule has 2 fully saturated rings. The van der Waals surface area contributed by atoms with Gasteiger partial charge in [0.15, 0.2) is 0 Å². The summed E-state index contributed by atoms with van der Waals surface area (Å²) in [5.41, 5.74) is 0.859. The van der Waals surface area contributed by atoms with Gasteiger partial charge in [0.25, 0.3) is 5.89 Å². The van der Waals surface area contributed by atoms with Gasteiger partial charge in [-0.15, -0.1) is 10.2 Å². The molecule has 3 aliphatic rings. The molecule has 3 heterocycles. The van der Waals surface area contributed by atoms with Gasteiger partial charge in [-0.25, -0.2) is 13.2 Å². The Morgan fingerprint density at radius 2 is 1.90 bits per heavy atom. The molecular weight excluding hydrogens is 434 g/mol. The topological polar surface area (TPSA) is 106 Å². The highest BCUT2D eigenvalue weighted by molar-refractivity contribution is 7.89. The molecule has 5 rings (SSSR count). The molecule has 12 heteroatoms. The number of hydrogen-bond acceptors (Lipinski definition) is 7. The molecule has 2 atom stereocenters. The van der Waals surface area contributed by atoms with Crippen LogP contribution >= 0.6 is 0 Å². The van der Waals surface area contributed by atoms with E-state index in [-0.39, 0.29) is 35.0 Å². The van der Waals surface area contributed by atoms with Gasteiger partial charge in [0.05, 0.1) is 17.5 Å². The Labute approximate surface area is 177 Å². The summed E-state index contributed by atoms with van der Waals surface area (Å²) in [6.45, 7) is 0.950. The third-order valence-electron chi connectivity index (χ3n) is 6.11. The molecule has 0 radical (unpaired) electrons. The molecule has 1 saturated heterocycles. The highest BCUT2D eigenvalue weighted by Gasteiger charge is 2.46. The number of cyclic esters (lactones) is 1. The maximum absolute atomic E-state index is 13.4. The van der Waals surface area contributed by atoms with Gasteiger partial charge in [0, 0.05) is 18.2 Å². The lowest BCUT2D eigenvalue weighted by molar-refractivity contribution is 0.103. The SMILES string of the molecule is O=C1OCCN1[C@@H]1CCCC[C@H]1N1Cc2ccc(-c3nnc(C(F)F)o3)cc2S1(=O)=O. The minimum absolute atomic E-state index is 0.0927. The Hall–Kier alpha value is -2.60. The Bertz CT molecular complexity index is 1120. The maximum Gasteiger partial charge on any atom is 0.410 e. The van der Waals surface area contributed by atoms with E-state index in [4.69, 9.17) is 9.15 Å². The van der Waals surface area contributed by atoms with Crippen LogP contribution in [-0.2, 0) is 21.3 Å². The normalized spacial score (nSPS) is 25.8. The molecule has 31 heavy (non-hydrogen) atoms. The molecule has 1 aliphatic carbocycles. The quantitative estimate of drug-likeness (QED) is 0.699. The highest BCUT2D eigenvalue weighted by atomic mass is 32.2. The Kier molecular flexibility index (Phi) is 4.93. The van der Waals surface area contributed by atoms with E-state index < -0.39 is 28.4 Å². The van der Waals surface area contributed by atoms with Crippen molar-refractivity contribution in [2.75, 3.05) is 13.2 Å². The molecule has 0 unspecified atom stereocenters. The molecular formula is C19H20F2N4O5S. The Morgan fingerprint density at radius 1 is 1.13 bits per heavy atom. The standard InChI is InChI=1S/C19H20F2N4O5S/c20-16(21)18-23-22-17(30-18)11-5-6-12-10-25(31(27,28)15(12)9-11)14-4-2-1-3-13(14)24-7-8-29-19(24)26/h5-6,9,13-14,16H,1-4,7-8,10H2/t13-,14-/m1/s1. The highest BCUT2D eigenvalue weighted by Crippen LogP contribution is 2.39. The number of rotatable bonds is 4. The number of aromatic nitrogens is 2. The van der Waals surface area contributed by atoms with Crippen LogP contribution in [0.2, 0.25) is 0 Å². The zero-order chi connectivity index (χ0) is 21.8. The second kappa shape index (κ2) is 7.52. The number of halogens is 2. The first-order valence-electron chi connectivity index (χ1n) is 10.1. The predicted molar refractivity (Wildman–Crippen MR) is 102 cm³/mol. The lowest BCUT2D eigenvalue weighted by Gasteiger charge is -2.40. The summed E-state index contributed by atoms with van der Waals surface area (Å²) in [6, 6.07) is 4.01. The zero-order valence-corrected chi connectivity index (χ0v) is 17.2. The first kappa shape index (κ1) is 20.3. The van der Waals surface area contributed by atoms with Gasteiger partial charge in [-0.2, -0.15) is 13.1 Å². The van der Waals surface area contributed by atoms with E-state index in [1.54, 1.807) is 17.0 Å². The van der Waals surface area contributed by atoms with Gasteiger partial charge in [0.2, 0.25) is 15.9 Å². The fourth-order valence-corrected chi connectivity index (χ4v) is 6.57. The van der Waals surface area contributed by atoms with Crippen molar-refractivity contribution in [3.05, 3.63) is 29.7 Å². The van der Waals surface area contributed by atoms with Crippen molar-refractivity contribution in [2.45, 2.75) is 55.6 Å². The molecule has 0 bridgehead atoms. The summed E-state index contributed by atoms with van der Waals surface area (Å²) in [4.78, 5) is 13.9. The summed E-state index contributed by atoms with van der Waals surface area (Å²) in [6.07, 6.45) is -0.160. The minimum Gasteiger partial charge on any atom is -0.448 e. The summed E-state index contributed by atoms with van der Waals surface area (Å²) in [5, 5.41) is 6.90. The number of carbonyl (C=O) groups excluding carboxylic acids is 1. The molecule has 166 valence electrons. The maximum atomic E-state index is 13.4. The summed E-state index contributed by atoms with van der Waals surface area (Å²) >= 11 is 0. The van der Waals surface area contributed by atoms with Crippen molar-refractivity contribution in [1.29, 1.82) is 0 Å². The molecule has 0 spiro atoms. The van der Waals surface area contributed by atoms with E-state index in [1.165, 1.54) is 10.4 Å². The summed E-state index contributed by atoms with van der Waals surface area (Å²) in [5.74, 6) is -0.982. The van der Waals surface area contributed by atoms with Gasteiger partial charge >= 0.3 is 12.5 Å². The van der Waals surface area contributed by atoms with E-state index >= 15 is 0 Å². The Balaban J connectivity index is 1.46. The van der Waals surface area contributed by atoms with E-state index in [1.807, 2.05) is 0 Å². The van der Waals surface area contributed by atoms with Gasteiger partial charge < -0.3 is 14.1 Å². The van der Waals surface area contributed by atoms with Crippen LogP contribution in [0, 0.1) is 0 Å². The second-order valence-corrected chi connectivity index (χ2v) is 9.70. The van der Waals surface area contributed by atoms with Crippen LogP contribution in [0.1, 0.15) is 43.6 Å². The lowest BCUT2D eigenvalue weighted by atomic mass is 9.89. The third-order valence-corrected chi connectivity index (χ3v) is 8.06. The number of ether oxygens (including phenoxy) is 1. The van der Waals surface area contributed by atoms with Crippen LogP contribution in [0.5, 0.6) is 0 Å². The molecule has 1 saturated carbocycles. The van der Waals surface area contributed by atoms with E-state index in [9.17, 15) is 22.0 Å². The number of fused-ring (bicyclic) bond motifs is 1. The van der Waals surface area contributed by atoms with Crippen molar-refractivity contribution in [1.82, 2.24) is 19.4 Å². The van der Waals surface area contributed by atoms with Crippen LogP contribution in [0.25, 0.3) is 11.5 Å². The largest absolute Gasteiger partial charge is 0.448 e. The number of sulfonamides is 1. The average Bonchev–Trinajstić information content (AvgIpc) is 3.46. The monoisotopic (exact) mass is 454 g/mol. The Morgan fingerprint density at radius 3 is 2.58 bits per heavy atom. The van der Waals surface area contributed by atoms with E-state index in [0.717, 1.165) is 12.8 Å². The van der Waals surface area contributed by atoms with Crippen molar-refractivity contribution < 1.29 is 31.1 Å². The van der Waals surface area contributed by atoms with Crippen LogP contribution in [0.3, 0.4) is 0 Å². The molecule has 0 N–H and O–H groups in total. The number of nitrogens with zero attached hydrogens (tertiary/aromatic N) is 4. The van der Waals surface area contributed by atoms with Crippen LogP contribution < -0.4 is 0 Å². The summed E-state index contributed by atoms with van der Waals surface area (Å²) in [7, 11) is -3.85. The first-order valence-corrected chi connectivity index (χ1v) is 11.5. The molecule has 1 aromatic heterocycles. The van der Waals surface area contributed by atoms with Crippen LogP contribution in [0.4, 0.5) is 13.6 Å². The van der Waals surface area contributed by atoms with E-state index in [2.05, 4.69) is 10.2 Å².